The van der Waals surface area contributed by atoms with Gasteiger partial charge in [-0.2, -0.15) is 0 Å². The monoisotopic (exact) mass is 390 g/mol. The third kappa shape index (κ3) is 5.54. The molecule has 0 radical (unpaired) electrons. The summed E-state index contributed by atoms with van der Waals surface area (Å²) < 4.78 is 0.669. The maximum absolute atomic E-state index is 12.2. The standard InChI is InChI=1S/C18H22N4O2S2/c1-12-7-9-14(10-8-12)19-15(23)11-25-18-22-21-17(26-18)20-16(24)13-5-3-2-4-6-13/h7-10,13H,2-6,11H2,1H3,(H,19,23)(H,20,21,24). The summed E-state index contributed by atoms with van der Waals surface area (Å²) in [5.74, 6) is 0.277. The van der Waals surface area contributed by atoms with E-state index >= 15 is 0 Å². The molecule has 1 heterocycles. The number of aromatic nitrogens is 2. The Balaban J connectivity index is 1.45. The molecule has 1 saturated carbocycles. The molecule has 3 rings (SSSR count). The van der Waals surface area contributed by atoms with E-state index in [-0.39, 0.29) is 23.5 Å². The van der Waals surface area contributed by atoms with Crippen molar-refractivity contribution in [3.05, 3.63) is 29.8 Å². The molecule has 2 amide bonds. The van der Waals surface area contributed by atoms with E-state index in [1.54, 1.807) is 0 Å². The molecule has 26 heavy (non-hydrogen) atoms. The molecule has 0 atom stereocenters. The fraction of sp³-hybridized carbons (Fsp3) is 0.444. The van der Waals surface area contributed by atoms with E-state index in [9.17, 15) is 9.59 Å². The summed E-state index contributed by atoms with van der Waals surface area (Å²) in [5.41, 5.74) is 1.92. The zero-order chi connectivity index (χ0) is 18.4. The fourth-order valence-electron chi connectivity index (χ4n) is 2.85. The number of hydrogen-bond acceptors (Lipinski definition) is 6. The van der Waals surface area contributed by atoms with Crippen LogP contribution in [0.15, 0.2) is 28.6 Å². The molecule has 2 aromatic rings. The predicted octanol–water partition coefficient (Wildman–Crippen LogP) is 4.10. The maximum atomic E-state index is 12.2. The molecule has 1 aromatic carbocycles. The first-order valence-corrected chi connectivity index (χ1v) is 10.5. The average Bonchev–Trinajstić information content (AvgIpc) is 3.10. The van der Waals surface area contributed by atoms with Gasteiger partial charge >= 0.3 is 0 Å². The van der Waals surface area contributed by atoms with Crippen molar-refractivity contribution in [3.63, 3.8) is 0 Å². The number of nitrogens with one attached hydrogen (secondary N) is 2. The van der Waals surface area contributed by atoms with Crippen LogP contribution in [0.4, 0.5) is 10.8 Å². The van der Waals surface area contributed by atoms with Crippen molar-refractivity contribution in [3.8, 4) is 0 Å². The highest BCUT2D eigenvalue weighted by molar-refractivity contribution is 8.01. The molecule has 0 bridgehead atoms. The van der Waals surface area contributed by atoms with Gasteiger partial charge in [0.25, 0.3) is 0 Å². The van der Waals surface area contributed by atoms with Crippen molar-refractivity contribution in [1.82, 2.24) is 10.2 Å². The van der Waals surface area contributed by atoms with Crippen molar-refractivity contribution < 1.29 is 9.59 Å². The minimum absolute atomic E-state index is 0.0366. The first-order chi connectivity index (χ1) is 12.6. The number of rotatable bonds is 6. The summed E-state index contributed by atoms with van der Waals surface area (Å²) in [6.45, 7) is 2.00. The molecule has 1 aliphatic carbocycles. The first-order valence-electron chi connectivity index (χ1n) is 8.74. The lowest BCUT2D eigenvalue weighted by atomic mass is 9.89. The number of carbonyl (C=O) groups excluding carboxylic acids is 2. The van der Waals surface area contributed by atoms with Gasteiger partial charge in [-0.05, 0) is 31.9 Å². The van der Waals surface area contributed by atoms with Crippen LogP contribution in [0, 0.1) is 12.8 Å². The summed E-state index contributed by atoms with van der Waals surface area (Å²) in [7, 11) is 0. The summed E-state index contributed by atoms with van der Waals surface area (Å²) in [6, 6.07) is 7.66. The molecule has 1 aromatic heterocycles. The fourth-order valence-corrected chi connectivity index (χ4v) is 4.41. The Morgan fingerprint density at radius 3 is 2.58 bits per heavy atom. The molecule has 1 fully saturated rings. The minimum atomic E-state index is -0.0955. The van der Waals surface area contributed by atoms with Gasteiger partial charge in [-0.1, -0.05) is 60.1 Å². The van der Waals surface area contributed by atoms with Crippen LogP contribution in [0.2, 0.25) is 0 Å². The van der Waals surface area contributed by atoms with Gasteiger partial charge in [-0.15, -0.1) is 10.2 Å². The van der Waals surface area contributed by atoms with E-state index in [1.165, 1.54) is 29.5 Å². The highest BCUT2D eigenvalue weighted by Gasteiger charge is 2.22. The van der Waals surface area contributed by atoms with Crippen molar-refractivity contribution in [1.29, 1.82) is 0 Å². The number of thioether (sulfide) groups is 1. The van der Waals surface area contributed by atoms with Crippen molar-refractivity contribution >= 4 is 45.7 Å². The second-order valence-corrected chi connectivity index (χ2v) is 8.60. The number of anilines is 2. The topological polar surface area (TPSA) is 84.0 Å². The predicted molar refractivity (Wildman–Crippen MR) is 106 cm³/mol. The Hall–Kier alpha value is -1.93. The number of carbonyl (C=O) groups is 2. The molecule has 0 unspecified atom stereocenters. The third-order valence-corrected chi connectivity index (χ3v) is 6.25. The van der Waals surface area contributed by atoms with Gasteiger partial charge in [0.15, 0.2) is 4.34 Å². The average molecular weight is 391 g/mol. The van der Waals surface area contributed by atoms with Gasteiger partial charge in [0.05, 0.1) is 5.75 Å². The van der Waals surface area contributed by atoms with Crippen LogP contribution in [0.3, 0.4) is 0 Å². The first kappa shape index (κ1) is 18.8. The van der Waals surface area contributed by atoms with Crippen molar-refractivity contribution in [2.24, 2.45) is 5.92 Å². The Morgan fingerprint density at radius 2 is 1.85 bits per heavy atom. The van der Waals surface area contributed by atoms with Crippen molar-refractivity contribution in [2.75, 3.05) is 16.4 Å². The van der Waals surface area contributed by atoms with Crippen LogP contribution < -0.4 is 10.6 Å². The highest BCUT2D eigenvalue weighted by atomic mass is 32.2. The SMILES string of the molecule is Cc1ccc(NC(=O)CSc2nnc(NC(=O)C3CCCCC3)s2)cc1. The molecule has 0 spiro atoms. The molecule has 138 valence electrons. The number of benzene rings is 1. The molecular formula is C18H22N4O2S2. The Bertz CT molecular complexity index is 755. The summed E-state index contributed by atoms with van der Waals surface area (Å²) >= 11 is 2.62. The van der Waals surface area contributed by atoms with Crippen LogP contribution in [0.25, 0.3) is 0 Å². The summed E-state index contributed by atoms with van der Waals surface area (Å²) in [5, 5.41) is 14.3. The van der Waals surface area contributed by atoms with Gasteiger partial charge in [0, 0.05) is 11.6 Å². The zero-order valence-corrected chi connectivity index (χ0v) is 16.3. The highest BCUT2D eigenvalue weighted by Crippen LogP contribution is 2.28. The van der Waals surface area contributed by atoms with E-state index in [0.717, 1.165) is 36.9 Å². The van der Waals surface area contributed by atoms with Crippen LogP contribution in [-0.4, -0.2) is 27.8 Å². The number of amides is 2. The van der Waals surface area contributed by atoms with Crippen LogP contribution in [0.1, 0.15) is 37.7 Å². The van der Waals surface area contributed by atoms with E-state index in [1.807, 2.05) is 31.2 Å². The van der Waals surface area contributed by atoms with Gasteiger partial charge < -0.3 is 10.6 Å². The van der Waals surface area contributed by atoms with Crippen LogP contribution in [-0.2, 0) is 9.59 Å². The van der Waals surface area contributed by atoms with E-state index < -0.39 is 0 Å². The molecule has 2 N–H and O–H groups in total. The van der Waals surface area contributed by atoms with E-state index in [2.05, 4.69) is 20.8 Å². The molecular weight excluding hydrogens is 368 g/mol. The van der Waals surface area contributed by atoms with E-state index in [0.29, 0.717) is 9.47 Å². The molecule has 0 saturated heterocycles. The summed E-state index contributed by atoms with van der Waals surface area (Å²) in [4.78, 5) is 24.2. The second kappa shape index (κ2) is 9.14. The van der Waals surface area contributed by atoms with E-state index in [4.69, 9.17) is 0 Å². The third-order valence-electron chi connectivity index (χ3n) is 4.27. The Kier molecular flexibility index (Phi) is 6.62. The number of nitrogens with zero attached hydrogens (tertiary/aromatic N) is 2. The largest absolute Gasteiger partial charge is 0.325 e. The lowest BCUT2D eigenvalue weighted by Gasteiger charge is -2.19. The smallest absolute Gasteiger partial charge is 0.234 e. The van der Waals surface area contributed by atoms with Gasteiger partial charge in [0.2, 0.25) is 16.9 Å². The minimum Gasteiger partial charge on any atom is -0.325 e. The molecule has 1 aliphatic rings. The van der Waals surface area contributed by atoms with Crippen molar-refractivity contribution in [2.45, 2.75) is 43.4 Å². The van der Waals surface area contributed by atoms with Gasteiger partial charge in [-0.3, -0.25) is 9.59 Å². The zero-order valence-electron chi connectivity index (χ0n) is 14.7. The quantitative estimate of drug-likeness (QED) is 0.573. The number of hydrogen-bond donors (Lipinski definition) is 2. The maximum Gasteiger partial charge on any atom is 0.234 e. The lowest BCUT2D eigenvalue weighted by molar-refractivity contribution is -0.120. The van der Waals surface area contributed by atoms with Gasteiger partial charge in [-0.25, -0.2) is 0 Å². The molecule has 8 heteroatoms. The Labute approximate surface area is 161 Å². The lowest BCUT2D eigenvalue weighted by Crippen LogP contribution is -2.24. The normalized spacial score (nSPS) is 14.8. The molecule has 6 nitrogen and oxygen atoms in total. The molecule has 0 aliphatic heterocycles. The van der Waals surface area contributed by atoms with Crippen LogP contribution >= 0.6 is 23.1 Å². The number of aryl methyl sites for hydroxylation is 1. The summed E-state index contributed by atoms with van der Waals surface area (Å²) in [6.07, 6.45) is 5.35. The van der Waals surface area contributed by atoms with Crippen LogP contribution in [0.5, 0.6) is 0 Å². The second-order valence-electron chi connectivity index (χ2n) is 6.40. The Morgan fingerprint density at radius 1 is 1.12 bits per heavy atom. The van der Waals surface area contributed by atoms with Gasteiger partial charge in [0.1, 0.15) is 0 Å².